The van der Waals surface area contributed by atoms with Gasteiger partial charge in [0, 0.05) is 17.2 Å². The topological polar surface area (TPSA) is 49.1 Å². The molecule has 0 aromatic carbocycles. The van der Waals surface area contributed by atoms with Gasteiger partial charge >= 0.3 is 5.69 Å². The molecular weight excluding hydrogens is 373 g/mol. The third-order valence-electron chi connectivity index (χ3n) is 3.34. The average molecular weight is 396 g/mol. The monoisotopic (exact) mass is 395 g/mol. The fourth-order valence-electron chi connectivity index (χ4n) is 2.05. The van der Waals surface area contributed by atoms with Gasteiger partial charge in [0.1, 0.15) is 0 Å². The summed E-state index contributed by atoms with van der Waals surface area (Å²) in [5, 5.41) is 4.92. The summed E-state index contributed by atoms with van der Waals surface area (Å²) in [6, 6.07) is 0. The summed E-state index contributed by atoms with van der Waals surface area (Å²) in [6.07, 6.45) is 9.84. The van der Waals surface area contributed by atoms with Crippen molar-refractivity contribution in [1.29, 1.82) is 0 Å². The van der Waals surface area contributed by atoms with Crippen molar-refractivity contribution >= 4 is 34.5 Å². The zero-order chi connectivity index (χ0) is 19.5. The standard InChI is InChI=1S/C19H23Cl2N3O2/c1-5-16(21)11-10-15(4)18-22-23(13-14-26-7-3)19(25)24(18)17(6-2)9-8-12-20/h5-6,8-12H,1-2,7,13-14H2,3-4H3/b12-8+,15-10+,16-11+,17-9+. The number of rotatable bonds is 10. The van der Waals surface area contributed by atoms with Gasteiger partial charge < -0.3 is 4.74 Å². The number of ether oxygens (including phenoxy) is 1. The Hall–Kier alpha value is -2.08. The maximum absolute atomic E-state index is 12.8. The van der Waals surface area contributed by atoms with E-state index < -0.39 is 0 Å². The number of halogens is 2. The fraction of sp³-hybridized carbons (Fsp3) is 0.263. The van der Waals surface area contributed by atoms with Crippen LogP contribution in [-0.2, 0) is 11.3 Å². The normalized spacial score (nSPS) is 13.5. The second-order valence-electron chi connectivity index (χ2n) is 5.08. The van der Waals surface area contributed by atoms with E-state index in [0.29, 0.717) is 36.3 Å². The highest BCUT2D eigenvalue weighted by molar-refractivity contribution is 6.31. The minimum absolute atomic E-state index is 0.291. The fourth-order valence-corrected chi connectivity index (χ4v) is 2.19. The molecule has 0 fully saturated rings. The van der Waals surface area contributed by atoms with Gasteiger partial charge in [0.25, 0.3) is 0 Å². The Bertz CT molecular complexity index is 811. The molecule has 0 aliphatic rings. The van der Waals surface area contributed by atoms with Crippen LogP contribution in [0.15, 0.2) is 65.0 Å². The van der Waals surface area contributed by atoms with Gasteiger partial charge in [-0.05, 0) is 43.7 Å². The molecule has 0 amide bonds. The zero-order valence-electron chi connectivity index (χ0n) is 15.0. The van der Waals surface area contributed by atoms with Crippen molar-refractivity contribution in [2.45, 2.75) is 20.4 Å². The van der Waals surface area contributed by atoms with E-state index >= 15 is 0 Å². The number of allylic oxidation sites excluding steroid dienone is 9. The van der Waals surface area contributed by atoms with Gasteiger partial charge in [0.2, 0.25) is 0 Å². The molecule has 0 bridgehead atoms. The lowest BCUT2D eigenvalue weighted by Crippen LogP contribution is -2.26. The van der Waals surface area contributed by atoms with E-state index in [-0.39, 0.29) is 5.69 Å². The van der Waals surface area contributed by atoms with Gasteiger partial charge in [0.05, 0.1) is 18.8 Å². The first-order chi connectivity index (χ1) is 12.5. The van der Waals surface area contributed by atoms with Crippen molar-refractivity contribution in [3.05, 3.63) is 76.5 Å². The van der Waals surface area contributed by atoms with Crippen molar-refractivity contribution in [3.63, 3.8) is 0 Å². The highest BCUT2D eigenvalue weighted by Crippen LogP contribution is 2.16. The van der Waals surface area contributed by atoms with E-state index in [1.807, 2.05) is 13.8 Å². The van der Waals surface area contributed by atoms with Crippen LogP contribution in [0.25, 0.3) is 11.3 Å². The van der Waals surface area contributed by atoms with Gasteiger partial charge in [0.15, 0.2) is 5.82 Å². The SMILES string of the molecule is C=C/C(Cl)=C\C=C(/C)c1nn(CCOCC)c(=O)n1/C(C=C)=C/C=C/Cl. The Kier molecular flexibility index (Phi) is 9.73. The van der Waals surface area contributed by atoms with Crippen LogP contribution in [0.5, 0.6) is 0 Å². The van der Waals surface area contributed by atoms with Crippen LogP contribution in [0.1, 0.15) is 19.7 Å². The number of nitrogens with zero attached hydrogens (tertiary/aromatic N) is 3. The van der Waals surface area contributed by atoms with Gasteiger partial charge in [-0.1, -0.05) is 48.5 Å². The van der Waals surface area contributed by atoms with Gasteiger partial charge in [-0.3, -0.25) is 0 Å². The predicted molar refractivity (Wildman–Crippen MR) is 110 cm³/mol. The molecule has 0 saturated carbocycles. The quantitative estimate of drug-likeness (QED) is 0.430. The molecule has 0 aliphatic carbocycles. The van der Waals surface area contributed by atoms with Crippen LogP contribution in [0, 0.1) is 0 Å². The van der Waals surface area contributed by atoms with E-state index in [2.05, 4.69) is 18.3 Å². The van der Waals surface area contributed by atoms with E-state index in [9.17, 15) is 4.79 Å². The minimum atomic E-state index is -0.291. The summed E-state index contributed by atoms with van der Waals surface area (Å²) in [7, 11) is 0. The molecule has 140 valence electrons. The van der Waals surface area contributed by atoms with Crippen LogP contribution in [0.4, 0.5) is 0 Å². The smallest absolute Gasteiger partial charge is 0.350 e. The van der Waals surface area contributed by atoms with E-state index in [1.54, 1.807) is 30.4 Å². The van der Waals surface area contributed by atoms with E-state index in [4.69, 9.17) is 27.9 Å². The first-order valence-corrected chi connectivity index (χ1v) is 8.85. The first-order valence-electron chi connectivity index (χ1n) is 8.04. The van der Waals surface area contributed by atoms with E-state index in [0.717, 1.165) is 5.57 Å². The molecule has 1 rings (SSSR count). The lowest BCUT2D eigenvalue weighted by molar-refractivity contribution is 0.135. The maximum atomic E-state index is 12.8. The van der Waals surface area contributed by atoms with Gasteiger partial charge in [-0.25, -0.2) is 14.0 Å². The van der Waals surface area contributed by atoms with Gasteiger partial charge in [-0.15, -0.1) is 5.10 Å². The molecule has 0 atom stereocenters. The van der Waals surface area contributed by atoms with Crippen LogP contribution >= 0.6 is 23.2 Å². The third-order valence-corrected chi connectivity index (χ3v) is 3.76. The second kappa shape index (κ2) is 11.5. The molecule has 0 unspecified atom stereocenters. The number of hydrogen-bond donors (Lipinski definition) is 0. The predicted octanol–water partition coefficient (Wildman–Crippen LogP) is 4.57. The average Bonchev–Trinajstić information content (AvgIpc) is 2.97. The van der Waals surface area contributed by atoms with Crippen LogP contribution in [0.3, 0.4) is 0 Å². The molecule has 1 aromatic heterocycles. The van der Waals surface area contributed by atoms with Crippen LogP contribution in [0.2, 0.25) is 0 Å². The summed E-state index contributed by atoms with van der Waals surface area (Å²) in [4.78, 5) is 12.8. The van der Waals surface area contributed by atoms with Crippen molar-refractivity contribution in [3.8, 4) is 0 Å². The van der Waals surface area contributed by atoms with Gasteiger partial charge in [-0.2, -0.15) is 0 Å². The Morgan fingerprint density at radius 3 is 2.58 bits per heavy atom. The highest BCUT2D eigenvalue weighted by atomic mass is 35.5. The zero-order valence-corrected chi connectivity index (χ0v) is 16.5. The molecule has 7 heteroatoms. The lowest BCUT2D eigenvalue weighted by Gasteiger charge is -2.05. The molecule has 0 saturated heterocycles. The summed E-state index contributed by atoms with van der Waals surface area (Å²) < 4.78 is 8.16. The molecular formula is C19H23Cl2N3O2. The molecule has 0 spiro atoms. The Balaban J connectivity index is 3.50. The van der Waals surface area contributed by atoms with Crippen molar-refractivity contribution in [2.75, 3.05) is 13.2 Å². The number of aromatic nitrogens is 3. The number of hydrogen-bond acceptors (Lipinski definition) is 3. The summed E-state index contributed by atoms with van der Waals surface area (Å²) in [5.74, 6) is 0.477. The third kappa shape index (κ3) is 6.02. The highest BCUT2D eigenvalue weighted by Gasteiger charge is 2.16. The van der Waals surface area contributed by atoms with Crippen molar-refractivity contribution in [1.82, 2.24) is 14.3 Å². The van der Waals surface area contributed by atoms with E-state index in [1.165, 1.54) is 20.9 Å². The Labute approximate surface area is 163 Å². The Morgan fingerprint density at radius 1 is 1.27 bits per heavy atom. The molecule has 1 heterocycles. The molecule has 1 aromatic rings. The molecule has 0 N–H and O–H groups in total. The second-order valence-corrected chi connectivity index (χ2v) is 5.77. The molecule has 0 aliphatic heterocycles. The van der Waals surface area contributed by atoms with Crippen LogP contribution in [-0.4, -0.2) is 27.6 Å². The summed E-state index contributed by atoms with van der Waals surface area (Å²) in [6.45, 7) is 12.4. The first kappa shape index (κ1) is 22.0. The molecule has 0 radical (unpaired) electrons. The largest absolute Gasteiger partial charge is 0.380 e. The summed E-state index contributed by atoms with van der Waals surface area (Å²) >= 11 is 11.5. The van der Waals surface area contributed by atoms with Crippen molar-refractivity contribution in [2.24, 2.45) is 0 Å². The van der Waals surface area contributed by atoms with Crippen molar-refractivity contribution < 1.29 is 4.74 Å². The Morgan fingerprint density at radius 2 is 2.00 bits per heavy atom. The maximum Gasteiger partial charge on any atom is 0.350 e. The molecule has 26 heavy (non-hydrogen) atoms. The van der Waals surface area contributed by atoms with Crippen LogP contribution < -0.4 is 5.69 Å². The summed E-state index contributed by atoms with van der Waals surface area (Å²) in [5.41, 5.74) is 2.36. The minimum Gasteiger partial charge on any atom is -0.380 e. The molecule has 5 nitrogen and oxygen atoms in total. The lowest BCUT2D eigenvalue weighted by atomic mass is 10.2.